The molecule has 0 aromatic heterocycles. The van der Waals surface area contributed by atoms with Crippen molar-refractivity contribution in [3.8, 4) is 11.8 Å². The molecule has 1 heterocycles. The van der Waals surface area contributed by atoms with Crippen LogP contribution in [-0.4, -0.2) is 14.1 Å². The summed E-state index contributed by atoms with van der Waals surface area (Å²) in [5, 5.41) is 11.0. The molecule has 1 unspecified atom stereocenters. The normalized spacial score (nSPS) is 15.9. The Morgan fingerprint density at radius 3 is 2.44 bits per heavy atom. The molecule has 1 atom stereocenters. The Labute approximate surface area is 156 Å². The standard InChI is InChI=1S/C22H18FN3O/c1-26(2)13-7-8-17-20(11-13)27-22(25)18(12-24)21(17)16-9-10-19(23)15-6-4-3-5-14(15)16/h3-11,21H,25H2,1-2H3. The summed E-state index contributed by atoms with van der Waals surface area (Å²) in [7, 11) is 3.88. The molecular weight excluding hydrogens is 341 g/mol. The minimum absolute atomic E-state index is 0.0827. The molecular formula is C22H18FN3O. The summed E-state index contributed by atoms with van der Waals surface area (Å²) in [6.07, 6.45) is 0. The van der Waals surface area contributed by atoms with Gasteiger partial charge in [-0.3, -0.25) is 0 Å². The number of nitriles is 1. The molecule has 0 saturated carbocycles. The van der Waals surface area contributed by atoms with Crippen molar-refractivity contribution >= 4 is 16.5 Å². The third-order valence-electron chi connectivity index (χ3n) is 4.93. The van der Waals surface area contributed by atoms with E-state index in [1.165, 1.54) is 6.07 Å². The van der Waals surface area contributed by atoms with Gasteiger partial charge in [-0.15, -0.1) is 0 Å². The topological polar surface area (TPSA) is 62.3 Å². The van der Waals surface area contributed by atoms with Gasteiger partial charge >= 0.3 is 0 Å². The van der Waals surface area contributed by atoms with Crippen LogP contribution in [0.5, 0.6) is 5.75 Å². The first-order valence-corrected chi connectivity index (χ1v) is 8.57. The van der Waals surface area contributed by atoms with Crippen molar-refractivity contribution in [2.24, 2.45) is 5.73 Å². The lowest BCUT2D eigenvalue weighted by atomic mass is 9.81. The Kier molecular flexibility index (Phi) is 3.97. The Balaban J connectivity index is 2.00. The lowest BCUT2D eigenvalue weighted by molar-refractivity contribution is 0.394. The Morgan fingerprint density at radius 2 is 1.74 bits per heavy atom. The first-order chi connectivity index (χ1) is 13.0. The molecule has 1 aliphatic heterocycles. The van der Waals surface area contributed by atoms with E-state index in [0.29, 0.717) is 16.7 Å². The van der Waals surface area contributed by atoms with Crippen molar-refractivity contribution < 1.29 is 9.13 Å². The zero-order valence-corrected chi connectivity index (χ0v) is 15.0. The number of nitrogens with two attached hydrogens (primary N) is 1. The molecule has 0 bridgehead atoms. The predicted octanol–water partition coefficient (Wildman–Crippen LogP) is 4.26. The first-order valence-electron chi connectivity index (χ1n) is 8.57. The maximum absolute atomic E-state index is 14.3. The maximum atomic E-state index is 14.3. The summed E-state index contributed by atoms with van der Waals surface area (Å²) in [5.41, 5.74) is 9.04. The van der Waals surface area contributed by atoms with E-state index in [9.17, 15) is 9.65 Å². The zero-order valence-electron chi connectivity index (χ0n) is 15.0. The van der Waals surface area contributed by atoms with E-state index < -0.39 is 5.92 Å². The molecule has 27 heavy (non-hydrogen) atoms. The van der Waals surface area contributed by atoms with Gasteiger partial charge in [0.15, 0.2) is 0 Å². The lowest BCUT2D eigenvalue weighted by Gasteiger charge is -2.28. The molecule has 3 aromatic rings. The quantitative estimate of drug-likeness (QED) is 0.742. The van der Waals surface area contributed by atoms with Crippen LogP contribution in [0.15, 0.2) is 66.1 Å². The van der Waals surface area contributed by atoms with Crippen LogP contribution >= 0.6 is 0 Å². The van der Waals surface area contributed by atoms with Crippen LogP contribution in [0.4, 0.5) is 10.1 Å². The number of nitrogens with zero attached hydrogens (tertiary/aromatic N) is 2. The van der Waals surface area contributed by atoms with E-state index in [2.05, 4.69) is 6.07 Å². The number of hydrogen-bond acceptors (Lipinski definition) is 4. The summed E-state index contributed by atoms with van der Waals surface area (Å²) < 4.78 is 20.0. The van der Waals surface area contributed by atoms with E-state index >= 15 is 0 Å². The van der Waals surface area contributed by atoms with Crippen LogP contribution < -0.4 is 15.4 Å². The van der Waals surface area contributed by atoms with E-state index in [4.69, 9.17) is 10.5 Å². The van der Waals surface area contributed by atoms with E-state index in [0.717, 1.165) is 22.2 Å². The average Bonchev–Trinajstić information content (AvgIpc) is 2.67. The maximum Gasteiger partial charge on any atom is 0.205 e. The Hall–Kier alpha value is -3.52. The highest BCUT2D eigenvalue weighted by Crippen LogP contribution is 2.45. The molecule has 0 amide bonds. The monoisotopic (exact) mass is 359 g/mol. The number of halogens is 1. The van der Waals surface area contributed by atoms with Crippen LogP contribution in [0.1, 0.15) is 17.0 Å². The van der Waals surface area contributed by atoms with E-state index in [1.807, 2.05) is 49.3 Å². The van der Waals surface area contributed by atoms with E-state index in [-0.39, 0.29) is 11.7 Å². The van der Waals surface area contributed by atoms with E-state index in [1.54, 1.807) is 18.2 Å². The van der Waals surface area contributed by atoms with Crippen LogP contribution in [0.25, 0.3) is 10.8 Å². The van der Waals surface area contributed by atoms with Gasteiger partial charge in [-0.05, 0) is 23.1 Å². The van der Waals surface area contributed by atoms with Gasteiger partial charge in [0.05, 0.1) is 5.92 Å². The second kappa shape index (κ2) is 6.33. The number of ether oxygens (including phenoxy) is 1. The molecule has 1 aliphatic rings. The molecule has 5 heteroatoms. The van der Waals surface area contributed by atoms with Gasteiger partial charge in [-0.1, -0.05) is 36.4 Å². The fourth-order valence-electron chi connectivity index (χ4n) is 3.58. The third-order valence-corrected chi connectivity index (χ3v) is 4.93. The highest BCUT2D eigenvalue weighted by atomic mass is 19.1. The van der Waals surface area contributed by atoms with Gasteiger partial charge in [0.25, 0.3) is 0 Å². The summed E-state index contributed by atoms with van der Waals surface area (Å²) in [6, 6.07) is 18.4. The molecule has 134 valence electrons. The number of fused-ring (bicyclic) bond motifs is 2. The molecule has 0 aliphatic carbocycles. The van der Waals surface area contributed by atoms with Crippen molar-refractivity contribution in [1.29, 1.82) is 5.26 Å². The number of anilines is 1. The minimum atomic E-state index is -0.416. The van der Waals surface area contributed by atoms with Crippen molar-refractivity contribution in [1.82, 2.24) is 0 Å². The van der Waals surface area contributed by atoms with Gasteiger partial charge in [0.2, 0.25) is 5.88 Å². The van der Waals surface area contributed by atoms with Gasteiger partial charge in [-0.2, -0.15) is 5.26 Å². The van der Waals surface area contributed by atoms with Crippen LogP contribution in [0.3, 0.4) is 0 Å². The molecule has 3 aromatic carbocycles. The van der Waals surface area contributed by atoms with Gasteiger partial charge in [0.1, 0.15) is 23.2 Å². The third kappa shape index (κ3) is 2.67. The van der Waals surface area contributed by atoms with Crippen LogP contribution in [0, 0.1) is 17.1 Å². The van der Waals surface area contributed by atoms with Gasteiger partial charge in [-0.25, -0.2) is 4.39 Å². The van der Waals surface area contributed by atoms with Gasteiger partial charge in [0, 0.05) is 36.8 Å². The predicted molar refractivity (Wildman–Crippen MR) is 104 cm³/mol. The smallest absolute Gasteiger partial charge is 0.205 e. The Bertz CT molecular complexity index is 1130. The molecule has 0 fully saturated rings. The van der Waals surface area contributed by atoms with Crippen LogP contribution in [0.2, 0.25) is 0 Å². The minimum Gasteiger partial charge on any atom is -0.440 e. The summed E-state index contributed by atoms with van der Waals surface area (Å²) in [6.45, 7) is 0. The zero-order chi connectivity index (χ0) is 19.1. The lowest BCUT2D eigenvalue weighted by Crippen LogP contribution is -2.21. The molecule has 0 saturated heterocycles. The number of hydrogen-bond donors (Lipinski definition) is 1. The second-order valence-electron chi connectivity index (χ2n) is 6.72. The molecule has 0 radical (unpaired) electrons. The van der Waals surface area contributed by atoms with Gasteiger partial charge < -0.3 is 15.4 Å². The molecule has 4 rings (SSSR count). The number of benzene rings is 3. The van der Waals surface area contributed by atoms with Crippen molar-refractivity contribution in [2.45, 2.75) is 5.92 Å². The largest absolute Gasteiger partial charge is 0.440 e. The molecule has 2 N–H and O–H groups in total. The highest BCUT2D eigenvalue weighted by Gasteiger charge is 2.32. The van der Waals surface area contributed by atoms with Crippen molar-refractivity contribution in [2.75, 3.05) is 19.0 Å². The summed E-state index contributed by atoms with van der Waals surface area (Å²) in [5.74, 6) is -0.0177. The highest BCUT2D eigenvalue weighted by molar-refractivity contribution is 5.88. The SMILES string of the molecule is CN(C)c1ccc2c(c1)OC(N)=C(C#N)C2c1ccc(F)c2ccccc12. The fourth-order valence-corrected chi connectivity index (χ4v) is 3.58. The number of rotatable bonds is 2. The summed E-state index contributed by atoms with van der Waals surface area (Å²) >= 11 is 0. The van der Waals surface area contributed by atoms with Crippen molar-refractivity contribution in [3.05, 3.63) is 83.0 Å². The van der Waals surface area contributed by atoms with Crippen molar-refractivity contribution in [3.63, 3.8) is 0 Å². The van der Waals surface area contributed by atoms with Crippen LogP contribution in [-0.2, 0) is 0 Å². The average molecular weight is 359 g/mol. The molecule has 4 nitrogen and oxygen atoms in total. The summed E-state index contributed by atoms with van der Waals surface area (Å²) in [4.78, 5) is 1.96. The number of allylic oxidation sites excluding steroid dienone is 1. The first kappa shape index (κ1) is 16.9. The fraction of sp³-hybridized carbons (Fsp3) is 0.136. The second-order valence-corrected chi connectivity index (χ2v) is 6.72. The Morgan fingerprint density at radius 1 is 1.04 bits per heavy atom. The molecule has 0 spiro atoms.